The quantitative estimate of drug-likeness (QED) is 0.871. The number of rotatable bonds is 6. The number of nitrogens with zero attached hydrogens (tertiary/aromatic N) is 2. The second-order valence-electron chi connectivity index (χ2n) is 6.89. The van der Waals surface area contributed by atoms with Crippen molar-refractivity contribution in [3.63, 3.8) is 0 Å². The van der Waals surface area contributed by atoms with Crippen LogP contribution in [0.1, 0.15) is 34.3 Å². The molecule has 0 aliphatic carbocycles. The summed E-state index contributed by atoms with van der Waals surface area (Å²) < 4.78 is 0. The predicted molar refractivity (Wildman–Crippen MR) is 103 cm³/mol. The molecule has 1 aliphatic heterocycles. The van der Waals surface area contributed by atoms with Gasteiger partial charge in [-0.05, 0) is 49.8 Å². The lowest BCUT2D eigenvalue weighted by atomic mass is 10.1. The molecule has 0 bridgehead atoms. The molecule has 26 heavy (non-hydrogen) atoms. The van der Waals surface area contributed by atoms with Crippen LogP contribution < -0.4 is 10.2 Å². The predicted octanol–water partition coefficient (Wildman–Crippen LogP) is 2.81. The van der Waals surface area contributed by atoms with Crippen LogP contribution in [0.4, 0.5) is 5.69 Å². The van der Waals surface area contributed by atoms with Crippen LogP contribution in [0, 0.1) is 0 Å². The van der Waals surface area contributed by atoms with E-state index < -0.39 is 0 Å². The summed E-state index contributed by atoms with van der Waals surface area (Å²) in [6, 6.07) is 15.4. The third-order valence-corrected chi connectivity index (χ3v) is 4.54. The van der Waals surface area contributed by atoms with Crippen LogP contribution in [0.3, 0.4) is 0 Å². The summed E-state index contributed by atoms with van der Waals surface area (Å²) in [5, 5.41) is 3.00. The van der Waals surface area contributed by atoms with Gasteiger partial charge >= 0.3 is 0 Å². The van der Waals surface area contributed by atoms with E-state index in [-0.39, 0.29) is 11.8 Å². The lowest BCUT2D eigenvalue weighted by Crippen LogP contribution is -2.26. The highest BCUT2D eigenvalue weighted by molar-refractivity contribution is 5.99. The average Bonchev–Trinajstić information content (AvgIpc) is 3.06. The van der Waals surface area contributed by atoms with Gasteiger partial charge in [-0.2, -0.15) is 0 Å². The maximum absolute atomic E-state index is 12.6. The monoisotopic (exact) mass is 351 g/mol. The minimum atomic E-state index is -0.127. The Balaban J connectivity index is 1.68. The van der Waals surface area contributed by atoms with Crippen LogP contribution >= 0.6 is 0 Å². The summed E-state index contributed by atoms with van der Waals surface area (Å²) in [7, 11) is 4.06. The Morgan fingerprint density at radius 3 is 2.58 bits per heavy atom. The fraction of sp³-hybridized carbons (Fsp3) is 0.333. The number of carbonyl (C=O) groups is 2. The van der Waals surface area contributed by atoms with Gasteiger partial charge in [0.15, 0.2) is 0 Å². The molecular weight excluding hydrogens is 326 g/mol. The van der Waals surface area contributed by atoms with E-state index in [1.54, 1.807) is 17.0 Å². The Bertz CT molecular complexity index is 801. The van der Waals surface area contributed by atoms with Gasteiger partial charge in [0.25, 0.3) is 5.91 Å². The van der Waals surface area contributed by atoms with Crippen molar-refractivity contribution < 1.29 is 9.59 Å². The summed E-state index contributed by atoms with van der Waals surface area (Å²) >= 11 is 0. The molecule has 1 heterocycles. The first-order valence-electron chi connectivity index (χ1n) is 8.95. The maximum atomic E-state index is 12.6. The lowest BCUT2D eigenvalue weighted by Gasteiger charge is -2.17. The van der Waals surface area contributed by atoms with Crippen molar-refractivity contribution in [3.05, 3.63) is 65.2 Å². The Morgan fingerprint density at radius 2 is 1.88 bits per heavy atom. The Kier molecular flexibility index (Phi) is 5.68. The zero-order valence-electron chi connectivity index (χ0n) is 15.4. The van der Waals surface area contributed by atoms with E-state index >= 15 is 0 Å². The highest BCUT2D eigenvalue weighted by Gasteiger charge is 2.22. The topological polar surface area (TPSA) is 52.7 Å². The maximum Gasteiger partial charge on any atom is 0.251 e. The van der Waals surface area contributed by atoms with Gasteiger partial charge in [0.2, 0.25) is 5.91 Å². The van der Waals surface area contributed by atoms with Gasteiger partial charge in [-0.25, -0.2) is 0 Å². The second-order valence-corrected chi connectivity index (χ2v) is 6.89. The fourth-order valence-electron chi connectivity index (χ4n) is 3.24. The van der Waals surface area contributed by atoms with Gasteiger partial charge in [-0.3, -0.25) is 9.59 Å². The summed E-state index contributed by atoms with van der Waals surface area (Å²) in [5.41, 5.74) is 3.69. The van der Waals surface area contributed by atoms with Crippen molar-refractivity contribution in [1.29, 1.82) is 0 Å². The van der Waals surface area contributed by atoms with E-state index in [0.29, 0.717) is 18.5 Å². The van der Waals surface area contributed by atoms with Gasteiger partial charge < -0.3 is 15.1 Å². The molecule has 0 saturated carbocycles. The first kappa shape index (κ1) is 18.1. The first-order valence-corrected chi connectivity index (χ1v) is 8.95. The molecule has 1 N–H and O–H groups in total. The molecule has 2 aromatic rings. The van der Waals surface area contributed by atoms with E-state index in [1.165, 1.54) is 5.56 Å². The third-order valence-electron chi connectivity index (χ3n) is 4.54. The lowest BCUT2D eigenvalue weighted by molar-refractivity contribution is -0.117. The fourth-order valence-corrected chi connectivity index (χ4v) is 3.24. The van der Waals surface area contributed by atoms with Crippen molar-refractivity contribution in [2.24, 2.45) is 0 Å². The zero-order valence-corrected chi connectivity index (χ0v) is 15.4. The Morgan fingerprint density at radius 1 is 1.12 bits per heavy atom. The smallest absolute Gasteiger partial charge is 0.251 e. The summed E-state index contributed by atoms with van der Waals surface area (Å²) in [6.07, 6.45) is 1.46. The summed E-state index contributed by atoms with van der Waals surface area (Å²) in [4.78, 5) is 28.4. The van der Waals surface area contributed by atoms with Gasteiger partial charge in [0.05, 0.1) is 0 Å². The average molecular weight is 351 g/mol. The molecule has 2 amide bonds. The van der Waals surface area contributed by atoms with Crippen molar-refractivity contribution in [1.82, 2.24) is 10.2 Å². The molecule has 0 spiro atoms. The molecule has 3 rings (SSSR count). The molecule has 2 aromatic carbocycles. The third kappa shape index (κ3) is 4.29. The highest BCUT2D eigenvalue weighted by Crippen LogP contribution is 2.22. The zero-order chi connectivity index (χ0) is 18.5. The summed E-state index contributed by atoms with van der Waals surface area (Å²) in [5.74, 6) is -0.00155. The normalized spacial score (nSPS) is 14.1. The summed E-state index contributed by atoms with van der Waals surface area (Å²) in [6.45, 7) is 2.04. The number of hydrogen-bond acceptors (Lipinski definition) is 3. The van der Waals surface area contributed by atoms with Crippen molar-refractivity contribution in [2.45, 2.75) is 25.9 Å². The standard InChI is InChI=1S/C21H25N3O2/c1-23(2)15-18-8-4-3-7-17(18)14-22-21(26)16-9-5-10-19(13-16)24-12-6-11-20(24)25/h3-5,7-10,13H,6,11-12,14-15H2,1-2H3,(H,22,26). The molecule has 5 heteroatoms. The number of carbonyl (C=O) groups excluding carboxylic acids is 2. The van der Waals surface area contributed by atoms with Crippen LogP contribution in [-0.4, -0.2) is 37.4 Å². The van der Waals surface area contributed by atoms with Crippen molar-refractivity contribution in [2.75, 3.05) is 25.5 Å². The number of amides is 2. The largest absolute Gasteiger partial charge is 0.348 e. The van der Waals surface area contributed by atoms with Crippen LogP contribution in [0.15, 0.2) is 48.5 Å². The van der Waals surface area contributed by atoms with Crippen LogP contribution in [0.2, 0.25) is 0 Å². The van der Waals surface area contributed by atoms with Gasteiger partial charge in [0, 0.05) is 37.3 Å². The molecule has 136 valence electrons. The van der Waals surface area contributed by atoms with E-state index in [0.717, 1.165) is 30.8 Å². The number of anilines is 1. The second kappa shape index (κ2) is 8.15. The molecule has 1 saturated heterocycles. The number of hydrogen-bond donors (Lipinski definition) is 1. The molecular formula is C21H25N3O2. The molecule has 0 unspecified atom stereocenters. The Labute approximate surface area is 154 Å². The van der Waals surface area contributed by atoms with E-state index in [1.807, 2.05) is 44.4 Å². The SMILES string of the molecule is CN(C)Cc1ccccc1CNC(=O)c1cccc(N2CCCC2=O)c1. The van der Waals surface area contributed by atoms with Gasteiger partial charge in [-0.15, -0.1) is 0 Å². The van der Waals surface area contributed by atoms with Gasteiger partial charge in [-0.1, -0.05) is 30.3 Å². The first-order chi connectivity index (χ1) is 12.5. The highest BCUT2D eigenvalue weighted by atomic mass is 16.2. The van der Waals surface area contributed by atoms with Crippen LogP contribution in [0.5, 0.6) is 0 Å². The minimum absolute atomic E-state index is 0.125. The van der Waals surface area contributed by atoms with Crippen LogP contribution in [-0.2, 0) is 17.9 Å². The molecule has 0 atom stereocenters. The molecule has 5 nitrogen and oxygen atoms in total. The number of benzene rings is 2. The van der Waals surface area contributed by atoms with E-state index in [4.69, 9.17) is 0 Å². The van der Waals surface area contributed by atoms with Crippen molar-refractivity contribution in [3.8, 4) is 0 Å². The molecule has 1 aliphatic rings. The molecule has 0 aromatic heterocycles. The minimum Gasteiger partial charge on any atom is -0.348 e. The van der Waals surface area contributed by atoms with E-state index in [2.05, 4.69) is 16.3 Å². The van der Waals surface area contributed by atoms with Crippen LogP contribution in [0.25, 0.3) is 0 Å². The number of nitrogens with one attached hydrogen (secondary N) is 1. The Hall–Kier alpha value is -2.66. The molecule has 1 fully saturated rings. The van der Waals surface area contributed by atoms with E-state index in [9.17, 15) is 9.59 Å². The van der Waals surface area contributed by atoms with Crippen molar-refractivity contribution >= 4 is 17.5 Å². The van der Waals surface area contributed by atoms with Gasteiger partial charge in [0.1, 0.15) is 0 Å². The molecule has 0 radical (unpaired) electrons.